The Hall–Kier alpha value is -1.10. The van der Waals surface area contributed by atoms with E-state index in [1.165, 1.54) is 4.90 Å². The molecule has 0 aliphatic rings. The molecule has 88 valence electrons. The molecule has 0 saturated heterocycles. The third-order valence-electron chi connectivity index (χ3n) is 2.32. The van der Waals surface area contributed by atoms with Crippen LogP contribution in [0.15, 0.2) is 0 Å². The van der Waals surface area contributed by atoms with E-state index in [4.69, 9.17) is 0 Å². The van der Waals surface area contributed by atoms with Gasteiger partial charge in [-0.3, -0.25) is 9.59 Å². The topological polar surface area (TPSA) is 61.4 Å². The third kappa shape index (κ3) is 4.78. The second kappa shape index (κ2) is 5.70. The van der Waals surface area contributed by atoms with Gasteiger partial charge in [0.25, 0.3) is 0 Å². The lowest BCUT2D eigenvalue weighted by Gasteiger charge is -2.22. The minimum Gasteiger partial charge on any atom is -0.354 e. The molecule has 0 spiro atoms. The van der Waals surface area contributed by atoms with E-state index in [2.05, 4.69) is 10.6 Å². The minimum atomic E-state index is -0.596. The highest BCUT2D eigenvalue weighted by Crippen LogP contribution is 1.99. The lowest BCUT2D eigenvalue weighted by molar-refractivity contribution is -0.129. The summed E-state index contributed by atoms with van der Waals surface area (Å²) in [7, 11) is 5.12. The number of carbonyl (C=O) groups excluding carboxylic acids is 2. The lowest BCUT2D eigenvalue weighted by atomic mass is 10.1. The van der Waals surface area contributed by atoms with Gasteiger partial charge in [0.1, 0.15) is 0 Å². The first-order valence-corrected chi connectivity index (χ1v) is 4.98. The number of carbonyl (C=O) groups is 2. The maximum atomic E-state index is 11.5. The number of hydrogen-bond acceptors (Lipinski definition) is 3. The molecule has 15 heavy (non-hydrogen) atoms. The molecule has 2 N–H and O–H groups in total. The molecule has 0 fully saturated rings. The monoisotopic (exact) mass is 215 g/mol. The SMILES string of the molecule is CNC(C)(C)C(=O)NCCC(=O)N(C)C. The molecule has 0 heterocycles. The van der Waals surface area contributed by atoms with E-state index < -0.39 is 5.54 Å². The molecule has 0 saturated carbocycles. The Morgan fingerprint density at radius 3 is 2.20 bits per heavy atom. The number of hydrogen-bond donors (Lipinski definition) is 2. The van der Waals surface area contributed by atoms with Gasteiger partial charge in [-0.15, -0.1) is 0 Å². The normalized spacial score (nSPS) is 11.0. The van der Waals surface area contributed by atoms with Crippen molar-refractivity contribution in [2.24, 2.45) is 0 Å². The Bertz CT molecular complexity index is 237. The van der Waals surface area contributed by atoms with Crippen LogP contribution in [0.1, 0.15) is 20.3 Å². The second-order valence-electron chi connectivity index (χ2n) is 4.17. The number of amides is 2. The van der Waals surface area contributed by atoms with Gasteiger partial charge in [-0.1, -0.05) is 0 Å². The fourth-order valence-electron chi connectivity index (χ4n) is 0.841. The third-order valence-corrected chi connectivity index (χ3v) is 2.32. The van der Waals surface area contributed by atoms with Gasteiger partial charge in [-0.25, -0.2) is 0 Å². The van der Waals surface area contributed by atoms with Crippen LogP contribution in [0, 0.1) is 0 Å². The zero-order chi connectivity index (χ0) is 12.1. The van der Waals surface area contributed by atoms with Crippen molar-refractivity contribution in [3.8, 4) is 0 Å². The van der Waals surface area contributed by atoms with Crippen LogP contribution in [0.25, 0.3) is 0 Å². The molecule has 0 atom stereocenters. The summed E-state index contributed by atoms with van der Waals surface area (Å²) >= 11 is 0. The predicted octanol–water partition coefficient (Wildman–Crippen LogP) is -0.421. The van der Waals surface area contributed by atoms with Gasteiger partial charge in [0.05, 0.1) is 5.54 Å². The molecule has 0 rings (SSSR count). The quantitative estimate of drug-likeness (QED) is 0.655. The van der Waals surface area contributed by atoms with E-state index in [1.54, 1.807) is 35.0 Å². The van der Waals surface area contributed by atoms with Crippen LogP contribution in [0.2, 0.25) is 0 Å². The van der Waals surface area contributed by atoms with E-state index in [9.17, 15) is 9.59 Å². The zero-order valence-electron chi connectivity index (χ0n) is 10.2. The zero-order valence-corrected chi connectivity index (χ0v) is 10.2. The van der Waals surface area contributed by atoms with Crippen LogP contribution in [-0.2, 0) is 9.59 Å². The Kier molecular flexibility index (Phi) is 5.28. The van der Waals surface area contributed by atoms with Gasteiger partial charge < -0.3 is 15.5 Å². The Labute approximate surface area is 91.2 Å². The Morgan fingerprint density at radius 1 is 1.27 bits per heavy atom. The minimum absolute atomic E-state index is 0.0116. The van der Waals surface area contributed by atoms with Gasteiger partial charge >= 0.3 is 0 Å². The molecule has 0 radical (unpaired) electrons. The first-order chi connectivity index (χ1) is 6.81. The van der Waals surface area contributed by atoms with Crippen LogP contribution >= 0.6 is 0 Å². The van der Waals surface area contributed by atoms with Gasteiger partial charge in [-0.2, -0.15) is 0 Å². The fraction of sp³-hybridized carbons (Fsp3) is 0.800. The Morgan fingerprint density at radius 2 is 1.80 bits per heavy atom. The first-order valence-electron chi connectivity index (χ1n) is 4.98. The average Bonchev–Trinajstić information content (AvgIpc) is 2.17. The standard InChI is InChI=1S/C10H21N3O2/c1-10(2,11-3)9(15)12-7-6-8(14)13(4)5/h11H,6-7H2,1-5H3,(H,12,15). The number of likely N-dealkylation sites (N-methyl/N-ethyl adjacent to an activating group) is 1. The van der Waals surface area contributed by atoms with Crippen LogP contribution in [0.3, 0.4) is 0 Å². The molecule has 5 nitrogen and oxygen atoms in total. The van der Waals surface area contributed by atoms with Crippen LogP contribution < -0.4 is 10.6 Å². The Balaban J connectivity index is 3.88. The molecule has 0 aromatic carbocycles. The maximum Gasteiger partial charge on any atom is 0.239 e. The molecule has 0 aromatic rings. The predicted molar refractivity (Wildman–Crippen MR) is 59.5 cm³/mol. The van der Waals surface area contributed by atoms with Crippen molar-refractivity contribution < 1.29 is 9.59 Å². The van der Waals surface area contributed by atoms with Crippen molar-refractivity contribution in [2.75, 3.05) is 27.7 Å². The molecular formula is C10H21N3O2. The molecular weight excluding hydrogens is 194 g/mol. The highest BCUT2D eigenvalue weighted by molar-refractivity contribution is 5.85. The van der Waals surface area contributed by atoms with Crippen LogP contribution in [-0.4, -0.2) is 49.9 Å². The van der Waals surface area contributed by atoms with Gasteiger partial charge in [-0.05, 0) is 20.9 Å². The summed E-state index contributed by atoms with van der Waals surface area (Å²) in [6.45, 7) is 3.95. The van der Waals surface area contributed by atoms with Crippen molar-refractivity contribution in [3.05, 3.63) is 0 Å². The molecule has 0 aromatic heterocycles. The summed E-state index contributed by atoms with van der Waals surface area (Å²) < 4.78 is 0. The summed E-state index contributed by atoms with van der Waals surface area (Å²) in [5.41, 5.74) is -0.596. The summed E-state index contributed by atoms with van der Waals surface area (Å²) in [5.74, 6) is -0.0888. The molecule has 5 heteroatoms. The fourth-order valence-corrected chi connectivity index (χ4v) is 0.841. The average molecular weight is 215 g/mol. The lowest BCUT2D eigenvalue weighted by Crippen LogP contribution is -2.51. The van der Waals surface area contributed by atoms with Crippen molar-refractivity contribution in [1.29, 1.82) is 0 Å². The van der Waals surface area contributed by atoms with Crippen LogP contribution in [0.4, 0.5) is 0 Å². The number of rotatable bonds is 5. The first kappa shape index (κ1) is 13.9. The van der Waals surface area contributed by atoms with Gasteiger partial charge in [0, 0.05) is 27.1 Å². The molecule has 0 bridgehead atoms. The number of nitrogens with zero attached hydrogens (tertiary/aromatic N) is 1. The maximum absolute atomic E-state index is 11.5. The van der Waals surface area contributed by atoms with E-state index in [0.717, 1.165) is 0 Å². The van der Waals surface area contributed by atoms with Crippen molar-refractivity contribution in [1.82, 2.24) is 15.5 Å². The summed E-state index contributed by atoms with van der Waals surface area (Å²) in [6, 6.07) is 0. The highest BCUT2D eigenvalue weighted by Gasteiger charge is 2.24. The summed E-state index contributed by atoms with van der Waals surface area (Å²) in [4.78, 5) is 24.3. The molecule has 0 unspecified atom stereocenters. The van der Waals surface area contributed by atoms with E-state index in [0.29, 0.717) is 13.0 Å². The van der Waals surface area contributed by atoms with E-state index in [-0.39, 0.29) is 11.8 Å². The highest BCUT2D eigenvalue weighted by atomic mass is 16.2. The number of nitrogens with one attached hydrogen (secondary N) is 2. The summed E-state index contributed by atoms with van der Waals surface area (Å²) in [6.07, 6.45) is 0.332. The molecule has 0 aliphatic carbocycles. The van der Waals surface area contributed by atoms with Crippen molar-refractivity contribution >= 4 is 11.8 Å². The second-order valence-corrected chi connectivity index (χ2v) is 4.17. The molecule has 0 aliphatic heterocycles. The summed E-state index contributed by atoms with van der Waals surface area (Å²) in [5, 5.41) is 5.61. The largest absolute Gasteiger partial charge is 0.354 e. The van der Waals surface area contributed by atoms with E-state index in [1.807, 2.05) is 0 Å². The smallest absolute Gasteiger partial charge is 0.239 e. The van der Waals surface area contributed by atoms with Gasteiger partial charge in [0.15, 0.2) is 0 Å². The molecule has 2 amide bonds. The van der Waals surface area contributed by atoms with Gasteiger partial charge in [0.2, 0.25) is 11.8 Å². The van der Waals surface area contributed by atoms with Crippen molar-refractivity contribution in [2.45, 2.75) is 25.8 Å². The van der Waals surface area contributed by atoms with E-state index >= 15 is 0 Å². The van der Waals surface area contributed by atoms with Crippen molar-refractivity contribution in [3.63, 3.8) is 0 Å². The van der Waals surface area contributed by atoms with Crippen LogP contribution in [0.5, 0.6) is 0 Å².